The van der Waals surface area contributed by atoms with E-state index in [0.29, 0.717) is 13.0 Å². The van der Waals surface area contributed by atoms with E-state index in [1.807, 2.05) is 0 Å². The Labute approximate surface area is 121 Å². The lowest BCUT2D eigenvalue weighted by Crippen LogP contribution is -2.39. The lowest BCUT2D eigenvalue weighted by atomic mass is 10.2. The van der Waals surface area contributed by atoms with Crippen molar-refractivity contribution in [1.29, 1.82) is 0 Å². The minimum atomic E-state index is -3.86. The summed E-state index contributed by atoms with van der Waals surface area (Å²) in [4.78, 5) is 9.94. The van der Waals surface area contributed by atoms with Crippen LogP contribution in [0.5, 0.6) is 0 Å². The van der Waals surface area contributed by atoms with Crippen molar-refractivity contribution in [3.05, 3.63) is 28.3 Å². The van der Waals surface area contributed by atoms with E-state index >= 15 is 0 Å². The Morgan fingerprint density at radius 2 is 2.19 bits per heavy atom. The summed E-state index contributed by atoms with van der Waals surface area (Å²) >= 11 is 0. The number of hydrazine groups is 1. The molecule has 0 aliphatic carbocycles. The van der Waals surface area contributed by atoms with Crippen molar-refractivity contribution in [1.82, 2.24) is 4.72 Å². The second-order valence-corrected chi connectivity index (χ2v) is 6.36. The van der Waals surface area contributed by atoms with Crippen molar-refractivity contribution in [3.8, 4) is 0 Å². The number of hydrogen-bond donors (Lipinski definition) is 3. The number of rotatable bonds is 5. The number of nitrogens with two attached hydrogens (primary N) is 1. The molecule has 4 N–H and O–H groups in total. The molecule has 2 atom stereocenters. The second-order valence-electron chi connectivity index (χ2n) is 4.67. The Morgan fingerprint density at radius 3 is 2.71 bits per heavy atom. The Kier molecular flexibility index (Phi) is 4.42. The molecule has 0 amide bonds. The van der Waals surface area contributed by atoms with E-state index in [-0.39, 0.29) is 28.4 Å². The maximum Gasteiger partial charge on any atom is 0.271 e. The summed E-state index contributed by atoms with van der Waals surface area (Å²) < 4.78 is 32.5. The topological polar surface area (TPSA) is 137 Å². The summed E-state index contributed by atoms with van der Waals surface area (Å²) in [5, 5.41) is 10.7. The number of benzene rings is 1. The third kappa shape index (κ3) is 3.29. The molecule has 21 heavy (non-hydrogen) atoms. The Bertz CT molecular complexity index is 648. The fraction of sp³-hybridized carbons (Fsp3) is 0.455. The van der Waals surface area contributed by atoms with Crippen molar-refractivity contribution in [3.63, 3.8) is 0 Å². The first-order chi connectivity index (χ1) is 9.85. The van der Waals surface area contributed by atoms with Crippen LogP contribution < -0.4 is 16.0 Å². The molecule has 10 heteroatoms. The summed E-state index contributed by atoms with van der Waals surface area (Å²) in [5.74, 6) is 5.26. The van der Waals surface area contributed by atoms with Gasteiger partial charge in [-0.2, -0.15) is 0 Å². The first-order valence-electron chi connectivity index (χ1n) is 6.24. The monoisotopic (exact) mass is 316 g/mol. The first kappa shape index (κ1) is 15.6. The van der Waals surface area contributed by atoms with Gasteiger partial charge in [-0.25, -0.2) is 13.1 Å². The highest BCUT2D eigenvalue weighted by atomic mass is 32.2. The van der Waals surface area contributed by atoms with Gasteiger partial charge in [0.2, 0.25) is 10.0 Å². The molecular formula is C11H16N4O5S. The maximum absolute atomic E-state index is 12.4. The standard InChI is InChI=1S/C11H16N4O5S/c1-7-9(4-5-20-7)14-21(18,19)11-3-2-8(15(16)17)6-10(11)13-12/h2-3,6-7,9,13-14H,4-5,12H2,1H3. The van der Waals surface area contributed by atoms with E-state index in [1.54, 1.807) is 6.92 Å². The number of ether oxygens (including phenoxy) is 1. The molecule has 2 rings (SSSR count). The lowest BCUT2D eigenvalue weighted by Gasteiger charge is -2.17. The number of nitrogen functional groups attached to an aromatic ring is 1. The van der Waals surface area contributed by atoms with Crippen LogP contribution in [-0.4, -0.2) is 32.1 Å². The Balaban J connectivity index is 2.33. The molecule has 0 radical (unpaired) electrons. The quantitative estimate of drug-likeness (QED) is 0.404. The average molecular weight is 316 g/mol. The molecule has 2 unspecified atom stereocenters. The number of nitrogens with zero attached hydrogens (tertiary/aromatic N) is 1. The van der Waals surface area contributed by atoms with Crippen molar-refractivity contribution < 1.29 is 18.1 Å². The molecule has 1 aliphatic heterocycles. The van der Waals surface area contributed by atoms with Crippen molar-refractivity contribution in [2.24, 2.45) is 5.84 Å². The number of nitrogens with one attached hydrogen (secondary N) is 2. The Hall–Kier alpha value is -1.75. The van der Waals surface area contributed by atoms with Gasteiger partial charge in [-0.15, -0.1) is 0 Å². The highest BCUT2D eigenvalue weighted by Gasteiger charge is 2.30. The molecule has 0 saturated carbocycles. The molecule has 0 aromatic heterocycles. The SMILES string of the molecule is CC1OCCC1NS(=O)(=O)c1ccc([N+](=O)[O-])cc1NN. The molecule has 1 heterocycles. The van der Waals surface area contributed by atoms with Crippen LogP contribution in [0, 0.1) is 10.1 Å². The third-order valence-electron chi connectivity index (χ3n) is 3.30. The fourth-order valence-electron chi connectivity index (χ4n) is 2.13. The minimum absolute atomic E-state index is 0.0386. The normalized spacial score (nSPS) is 22.2. The van der Waals surface area contributed by atoms with E-state index in [2.05, 4.69) is 10.1 Å². The number of non-ortho nitro benzene ring substituents is 1. The third-order valence-corrected chi connectivity index (χ3v) is 4.85. The Morgan fingerprint density at radius 1 is 1.48 bits per heavy atom. The van der Waals surface area contributed by atoms with Crippen molar-refractivity contribution in [2.75, 3.05) is 12.0 Å². The van der Waals surface area contributed by atoms with Gasteiger partial charge in [0.05, 0.1) is 22.8 Å². The number of anilines is 1. The molecular weight excluding hydrogens is 300 g/mol. The summed E-state index contributed by atoms with van der Waals surface area (Å²) in [7, 11) is -3.86. The second kappa shape index (κ2) is 5.93. The van der Waals surface area contributed by atoms with Crippen LogP contribution in [0.15, 0.2) is 23.1 Å². The van der Waals surface area contributed by atoms with Gasteiger partial charge in [-0.3, -0.25) is 16.0 Å². The van der Waals surface area contributed by atoms with Gasteiger partial charge in [0, 0.05) is 18.7 Å². The minimum Gasteiger partial charge on any atom is -0.377 e. The molecule has 1 fully saturated rings. The molecule has 1 aromatic carbocycles. The van der Waals surface area contributed by atoms with Gasteiger partial charge in [0.15, 0.2) is 0 Å². The van der Waals surface area contributed by atoms with E-state index in [9.17, 15) is 18.5 Å². The van der Waals surface area contributed by atoms with Crippen LogP contribution in [-0.2, 0) is 14.8 Å². The first-order valence-corrected chi connectivity index (χ1v) is 7.72. The van der Waals surface area contributed by atoms with Gasteiger partial charge < -0.3 is 10.2 Å². The molecule has 1 aromatic rings. The van der Waals surface area contributed by atoms with Crippen LogP contribution in [0.2, 0.25) is 0 Å². The van der Waals surface area contributed by atoms with Gasteiger partial charge in [0.1, 0.15) is 4.90 Å². The van der Waals surface area contributed by atoms with E-state index < -0.39 is 14.9 Å². The summed E-state index contributed by atoms with van der Waals surface area (Å²) in [6.45, 7) is 2.26. The van der Waals surface area contributed by atoms with E-state index in [0.717, 1.165) is 18.2 Å². The molecule has 1 saturated heterocycles. The molecule has 116 valence electrons. The largest absolute Gasteiger partial charge is 0.377 e. The fourth-order valence-corrected chi connectivity index (χ4v) is 3.62. The van der Waals surface area contributed by atoms with E-state index in [4.69, 9.17) is 10.6 Å². The maximum atomic E-state index is 12.4. The molecule has 0 spiro atoms. The summed E-state index contributed by atoms with van der Waals surface area (Å²) in [5.41, 5.74) is 1.89. The average Bonchev–Trinajstić information content (AvgIpc) is 2.82. The zero-order chi connectivity index (χ0) is 15.6. The van der Waals surface area contributed by atoms with Gasteiger partial charge >= 0.3 is 0 Å². The van der Waals surface area contributed by atoms with Crippen molar-refractivity contribution in [2.45, 2.75) is 30.4 Å². The molecule has 9 nitrogen and oxygen atoms in total. The summed E-state index contributed by atoms with van der Waals surface area (Å²) in [6.07, 6.45) is 0.339. The van der Waals surface area contributed by atoms with E-state index in [1.165, 1.54) is 0 Å². The zero-order valence-electron chi connectivity index (χ0n) is 11.3. The highest BCUT2D eigenvalue weighted by molar-refractivity contribution is 7.89. The molecule has 0 bridgehead atoms. The van der Waals surface area contributed by atoms with Gasteiger partial charge in [-0.05, 0) is 19.4 Å². The highest BCUT2D eigenvalue weighted by Crippen LogP contribution is 2.26. The van der Waals surface area contributed by atoms with Crippen molar-refractivity contribution >= 4 is 21.4 Å². The van der Waals surface area contributed by atoms with Crippen LogP contribution in [0.4, 0.5) is 11.4 Å². The lowest BCUT2D eigenvalue weighted by molar-refractivity contribution is -0.384. The van der Waals surface area contributed by atoms with Crippen LogP contribution in [0.25, 0.3) is 0 Å². The van der Waals surface area contributed by atoms with Crippen LogP contribution in [0.1, 0.15) is 13.3 Å². The molecule has 1 aliphatic rings. The summed E-state index contributed by atoms with van der Waals surface area (Å²) in [6, 6.07) is 3.00. The van der Waals surface area contributed by atoms with Gasteiger partial charge in [0.25, 0.3) is 5.69 Å². The number of nitro benzene ring substituents is 1. The zero-order valence-corrected chi connectivity index (χ0v) is 12.1. The smallest absolute Gasteiger partial charge is 0.271 e. The number of sulfonamides is 1. The van der Waals surface area contributed by atoms with Crippen LogP contribution >= 0.6 is 0 Å². The van der Waals surface area contributed by atoms with Gasteiger partial charge in [-0.1, -0.05) is 0 Å². The predicted octanol–water partition coefficient (Wildman–Crippen LogP) is 0.336. The number of hydrogen-bond acceptors (Lipinski definition) is 7. The van der Waals surface area contributed by atoms with Crippen LogP contribution in [0.3, 0.4) is 0 Å². The number of nitro groups is 1. The predicted molar refractivity (Wildman–Crippen MR) is 75.0 cm³/mol.